The topological polar surface area (TPSA) is 61.0 Å². The molecule has 1 fully saturated rings. The van der Waals surface area contributed by atoms with Gasteiger partial charge in [0.15, 0.2) is 0 Å². The summed E-state index contributed by atoms with van der Waals surface area (Å²) >= 11 is 0. The Labute approximate surface area is 191 Å². The zero-order chi connectivity index (χ0) is 22.2. The summed E-state index contributed by atoms with van der Waals surface area (Å²) < 4.78 is 14.9. The van der Waals surface area contributed by atoms with Gasteiger partial charge in [0.2, 0.25) is 0 Å². The van der Waals surface area contributed by atoms with Crippen LogP contribution in [0.15, 0.2) is 59.5 Å². The molecule has 3 heterocycles. The van der Waals surface area contributed by atoms with E-state index in [1.54, 1.807) is 0 Å². The SMILES string of the molecule is Cc1cc(-c2[nH]c3cc(-c4ccc(S(=O)N5CCNCC5)cc4)ccc3c2C)cc(C)n1. The Morgan fingerprint density at radius 3 is 2.19 bits per heavy atom. The van der Waals surface area contributed by atoms with Crippen molar-refractivity contribution in [2.24, 2.45) is 0 Å². The molecular weight excluding hydrogens is 416 g/mol. The van der Waals surface area contributed by atoms with Crippen molar-refractivity contribution in [2.75, 3.05) is 26.2 Å². The molecule has 5 rings (SSSR count). The Balaban J connectivity index is 1.45. The molecule has 5 nitrogen and oxygen atoms in total. The molecule has 0 bridgehead atoms. The van der Waals surface area contributed by atoms with Crippen LogP contribution in [-0.4, -0.2) is 44.7 Å². The van der Waals surface area contributed by atoms with E-state index in [0.717, 1.165) is 64.8 Å². The Hall–Kier alpha value is -2.80. The average Bonchev–Trinajstić information content (AvgIpc) is 3.14. The molecule has 6 heteroatoms. The molecule has 1 saturated heterocycles. The van der Waals surface area contributed by atoms with Gasteiger partial charge in [-0.1, -0.05) is 24.3 Å². The first-order chi connectivity index (χ1) is 15.5. The first kappa shape index (κ1) is 21.1. The maximum atomic E-state index is 12.8. The highest BCUT2D eigenvalue weighted by atomic mass is 32.2. The van der Waals surface area contributed by atoms with Crippen LogP contribution < -0.4 is 5.32 Å². The Morgan fingerprint density at radius 2 is 1.50 bits per heavy atom. The molecule has 0 spiro atoms. The normalized spacial score (nSPS) is 15.8. The van der Waals surface area contributed by atoms with E-state index in [-0.39, 0.29) is 0 Å². The van der Waals surface area contributed by atoms with Gasteiger partial charge in [-0.15, -0.1) is 0 Å². The maximum Gasteiger partial charge on any atom is 0.127 e. The minimum Gasteiger partial charge on any atom is -0.354 e. The van der Waals surface area contributed by atoms with Gasteiger partial charge in [-0.3, -0.25) is 4.98 Å². The number of aromatic nitrogens is 2. The summed E-state index contributed by atoms with van der Waals surface area (Å²) in [5, 5.41) is 4.53. The number of hydrogen-bond donors (Lipinski definition) is 2. The lowest BCUT2D eigenvalue weighted by molar-refractivity contribution is 0.380. The van der Waals surface area contributed by atoms with Crippen LogP contribution in [-0.2, 0) is 11.0 Å². The molecule has 2 aromatic carbocycles. The summed E-state index contributed by atoms with van der Waals surface area (Å²) in [6.07, 6.45) is 0. The number of fused-ring (bicyclic) bond motifs is 1. The molecule has 0 radical (unpaired) electrons. The number of piperazine rings is 1. The molecule has 0 saturated carbocycles. The second-order valence-corrected chi connectivity index (χ2v) is 9.96. The minimum absolute atomic E-state index is 0.816. The highest BCUT2D eigenvalue weighted by Crippen LogP contribution is 2.33. The number of hydrogen-bond acceptors (Lipinski definition) is 3. The molecule has 2 N–H and O–H groups in total. The summed E-state index contributed by atoms with van der Waals surface area (Å²) in [6.45, 7) is 9.64. The lowest BCUT2D eigenvalue weighted by Crippen LogP contribution is -2.44. The van der Waals surface area contributed by atoms with Crippen molar-refractivity contribution >= 4 is 21.9 Å². The first-order valence-corrected chi connectivity index (χ1v) is 12.2. The van der Waals surface area contributed by atoms with Crippen LogP contribution in [0.1, 0.15) is 17.0 Å². The second kappa shape index (κ2) is 8.62. The van der Waals surface area contributed by atoms with Crippen molar-refractivity contribution in [3.05, 3.63) is 71.5 Å². The molecule has 0 amide bonds. The van der Waals surface area contributed by atoms with E-state index >= 15 is 0 Å². The van der Waals surface area contributed by atoms with Gasteiger partial charge in [-0.25, -0.2) is 8.51 Å². The summed E-state index contributed by atoms with van der Waals surface area (Å²) in [4.78, 5) is 8.99. The van der Waals surface area contributed by atoms with E-state index in [9.17, 15) is 4.21 Å². The van der Waals surface area contributed by atoms with Crippen LogP contribution in [0, 0.1) is 20.8 Å². The molecule has 164 valence electrons. The maximum absolute atomic E-state index is 12.8. The minimum atomic E-state index is -1.10. The van der Waals surface area contributed by atoms with Crippen molar-refractivity contribution in [3.8, 4) is 22.4 Å². The van der Waals surface area contributed by atoms with Crippen molar-refractivity contribution in [2.45, 2.75) is 25.7 Å². The van der Waals surface area contributed by atoms with Crippen LogP contribution >= 0.6 is 0 Å². The third-order valence-electron chi connectivity index (χ3n) is 6.13. The molecule has 1 unspecified atom stereocenters. The van der Waals surface area contributed by atoms with E-state index in [2.05, 4.69) is 64.7 Å². The van der Waals surface area contributed by atoms with Gasteiger partial charge >= 0.3 is 0 Å². The van der Waals surface area contributed by atoms with Gasteiger partial charge in [-0.2, -0.15) is 0 Å². The van der Waals surface area contributed by atoms with Gasteiger partial charge in [0.1, 0.15) is 11.0 Å². The number of benzene rings is 2. The van der Waals surface area contributed by atoms with Crippen LogP contribution in [0.25, 0.3) is 33.3 Å². The third kappa shape index (κ3) is 4.01. The summed E-state index contributed by atoms with van der Waals surface area (Å²) in [5.41, 5.74) is 9.00. The summed E-state index contributed by atoms with van der Waals surface area (Å²) in [7, 11) is -1.10. The van der Waals surface area contributed by atoms with E-state index in [0.29, 0.717) is 0 Å². The first-order valence-electron chi connectivity index (χ1n) is 11.1. The number of rotatable bonds is 4. The monoisotopic (exact) mass is 444 g/mol. The average molecular weight is 445 g/mol. The van der Waals surface area contributed by atoms with Gasteiger partial charge in [-0.05, 0) is 67.8 Å². The van der Waals surface area contributed by atoms with Crippen LogP contribution in [0.3, 0.4) is 0 Å². The Morgan fingerprint density at radius 1 is 0.844 bits per heavy atom. The number of H-pyrrole nitrogens is 1. The lowest BCUT2D eigenvalue weighted by atomic mass is 10.0. The lowest BCUT2D eigenvalue weighted by Gasteiger charge is -2.25. The highest BCUT2D eigenvalue weighted by molar-refractivity contribution is 7.82. The predicted octanol–water partition coefficient (Wildman–Crippen LogP) is 4.75. The molecule has 1 atom stereocenters. The van der Waals surface area contributed by atoms with Gasteiger partial charge in [0, 0.05) is 59.7 Å². The molecule has 0 aliphatic carbocycles. The van der Waals surface area contributed by atoms with Gasteiger partial charge < -0.3 is 10.3 Å². The Bertz CT molecular complexity index is 1280. The number of aromatic amines is 1. The van der Waals surface area contributed by atoms with Crippen molar-refractivity contribution in [3.63, 3.8) is 0 Å². The largest absolute Gasteiger partial charge is 0.354 e. The van der Waals surface area contributed by atoms with Crippen LogP contribution in [0.2, 0.25) is 0 Å². The molecule has 2 aromatic heterocycles. The number of pyridine rings is 1. The van der Waals surface area contributed by atoms with E-state index in [1.807, 2.05) is 30.3 Å². The third-order valence-corrected chi connectivity index (χ3v) is 7.64. The fraction of sp³-hybridized carbons (Fsp3) is 0.269. The van der Waals surface area contributed by atoms with Crippen molar-refractivity contribution < 1.29 is 4.21 Å². The fourth-order valence-electron chi connectivity index (χ4n) is 4.51. The zero-order valence-corrected chi connectivity index (χ0v) is 19.6. The standard InChI is InChI=1S/C26H28N4OS/c1-17-14-22(15-18(2)28-17)26-19(3)24-9-6-21(16-25(24)29-26)20-4-7-23(8-5-20)32(31)30-12-10-27-11-13-30/h4-9,14-16,27,29H,10-13H2,1-3H3. The molecule has 4 aromatic rings. The Kier molecular flexibility index (Phi) is 5.67. The number of aryl methyl sites for hydroxylation is 3. The zero-order valence-electron chi connectivity index (χ0n) is 18.7. The second-order valence-electron chi connectivity index (χ2n) is 8.48. The van der Waals surface area contributed by atoms with Crippen LogP contribution in [0.4, 0.5) is 0 Å². The predicted molar refractivity (Wildman–Crippen MR) is 132 cm³/mol. The van der Waals surface area contributed by atoms with Crippen molar-refractivity contribution in [1.29, 1.82) is 0 Å². The van der Waals surface area contributed by atoms with E-state index < -0.39 is 11.0 Å². The van der Waals surface area contributed by atoms with E-state index in [1.165, 1.54) is 16.5 Å². The van der Waals surface area contributed by atoms with Crippen molar-refractivity contribution in [1.82, 2.24) is 19.6 Å². The van der Waals surface area contributed by atoms with Crippen LogP contribution in [0.5, 0.6) is 0 Å². The quantitative estimate of drug-likeness (QED) is 0.478. The molecule has 32 heavy (non-hydrogen) atoms. The van der Waals surface area contributed by atoms with Gasteiger partial charge in [0.05, 0.1) is 4.90 Å². The highest BCUT2D eigenvalue weighted by Gasteiger charge is 2.18. The summed E-state index contributed by atoms with van der Waals surface area (Å²) in [6, 6.07) is 18.9. The van der Waals surface area contributed by atoms with Gasteiger partial charge in [0.25, 0.3) is 0 Å². The van der Waals surface area contributed by atoms with E-state index in [4.69, 9.17) is 0 Å². The molecule has 1 aliphatic heterocycles. The molecular formula is C26H28N4OS. The smallest absolute Gasteiger partial charge is 0.127 e. The number of nitrogens with zero attached hydrogens (tertiary/aromatic N) is 2. The number of nitrogens with one attached hydrogen (secondary N) is 2. The summed E-state index contributed by atoms with van der Waals surface area (Å²) in [5.74, 6) is 0. The molecule has 1 aliphatic rings. The fourth-order valence-corrected chi connectivity index (χ4v) is 5.69.